The molecule has 3 rings (SSSR count). The second-order valence-corrected chi connectivity index (χ2v) is 6.86. The van der Waals surface area contributed by atoms with Crippen LogP contribution >= 0.6 is 24.0 Å². The molecule has 0 saturated heterocycles. The van der Waals surface area contributed by atoms with Crippen LogP contribution < -0.4 is 14.8 Å². The summed E-state index contributed by atoms with van der Waals surface area (Å²) in [6, 6.07) is 23.1. The fraction of sp³-hybridized carbons (Fsp3) is 0.217. The highest BCUT2D eigenvalue weighted by Crippen LogP contribution is 2.35. The molecule has 0 spiro atoms. The van der Waals surface area contributed by atoms with Gasteiger partial charge in [-0.3, -0.25) is 0 Å². The van der Waals surface area contributed by atoms with Gasteiger partial charge >= 0.3 is 0 Å². The van der Waals surface area contributed by atoms with Crippen LogP contribution in [0.2, 0.25) is 5.02 Å². The van der Waals surface area contributed by atoms with Crippen molar-refractivity contribution in [3.63, 3.8) is 0 Å². The molecule has 0 fully saturated rings. The van der Waals surface area contributed by atoms with Gasteiger partial charge in [-0.15, -0.1) is 12.4 Å². The number of ether oxygens (including phenoxy) is 2. The van der Waals surface area contributed by atoms with E-state index >= 15 is 0 Å². The summed E-state index contributed by atoms with van der Waals surface area (Å²) in [4.78, 5) is 0. The predicted molar refractivity (Wildman–Crippen MR) is 119 cm³/mol. The summed E-state index contributed by atoms with van der Waals surface area (Å²) >= 11 is 6.24. The summed E-state index contributed by atoms with van der Waals surface area (Å²) < 4.78 is 11.5. The quantitative estimate of drug-likeness (QED) is 0.488. The van der Waals surface area contributed by atoms with Gasteiger partial charge in [-0.05, 0) is 17.2 Å². The molecule has 0 saturated carbocycles. The zero-order chi connectivity index (χ0) is 19.8. The molecule has 0 bridgehead atoms. The fourth-order valence-electron chi connectivity index (χ4n) is 2.94. The number of halogens is 2. The number of aliphatic hydroxyl groups excluding tert-OH is 1. The van der Waals surface area contributed by atoms with Crippen LogP contribution in [0.15, 0.2) is 72.8 Å². The molecule has 4 nitrogen and oxygen atoms in total. The van der Waals surface area contributed by atoms with Gasteiger partial charge in [-0.1, -0.05) is 72.3 Å². The molecule has 154 valence electrons. The summed E-state index contributed by atoms with van der Waals surface area (Å²) in [6.45, 7) is 1.33. The average Bonchev–Trinajstić information content (AvgIpc) is 2.74. The van der Waals surface area contributed by atoms with E-state index < -0.39 is 6.10 Å². The molecule has 0 amide bonds. The highest BCUT2D eigenvalue weighted by molar-refractivity contribution is 6.30. The van der Waals surface area contributed by atoms with Crippen LogP contribution in [-0.2, 0) is 13.2 Å². The predicted octanol–water partition coefficient (Wildman–Crippen LogP) is 5.17. The second kappa shape index (κ2) is 11.7. The van der Waals surface area contributed by atoms with E-state index in [4.69, 9.17) is 21.1 Å². The summed E-state index contributed by atoms with van der Waals surface area (Å²) in [5.74, 6) is 1.24. The summed E-state index contributed by atoms with van der Waals surface area (Å²) in [7, 11) is 1.59. The first kappa shape index (κ1) is 23.0. The van der Waals surface area contributed by atoms with Crippen LogP contribution in [0.1, 0.15) is 22.8 Å². The average molecular weight is 434 g/mol. The SMILES string of the molecule is COc1cc(Cl)cc(CNCC(O)c2ccccc2)c1OCc1ccccc1.Cl. The van der Waals surface area contributed by atoms with Gasteiger partial charge in [0.2, 0.25) is 0 Å². The molecule has 6 heteroatoms. The molecule has 3 aromatic carbocycles. The zero-order valence-electron chi connectivity index (χ0n) is 16.2. The van der Waals surface area contributed by atoms with Crippen LogP contribution in [0.25, 0.3) is 0 Å². The Morgan fingerprint density at radius 2 is 1.66 bits per heavy atom. The first-order chi connectivity index (χ1) is 13.7. The summed E-state index contributed by atoms with van der Waals surface area (Å²) in [5, 5.41) is 14.2. The molecule has 0 aromatic heterocycles. The van der Waals surface area contributed by atoms with Crippen molar-refractivity contribution in [1.82, 2.24) is 5.32 Å². The number of aliphatic hydroxyl groups is 1. The van der Waals surface area contributed by atoms with Crippen molar-refractivity contribution in [2.45, 2.75) is 19.3 Å². The van der Waals surface area contributed by atoms with Gasteiger partial charge in [0.1, 0.15) is 6.61 Å². The van der Waals surface area contributed by atoms with Gasteiger partial charge in [0, 0.05) is 29.7 Å². The zero-order valence-corrected chi connectivity index (χ0v) is 17.7. The molecule has 0 aliphatic heterocycles. The third-order valence-corrected chi connectivity index (χ3v) is 4.60. The van der Waals surface area contributed by atoms with E-state index in [0.29, 0.717) is 36.2 Å². The van der Waals surface area contributed by atoms with Crippen LogP contribution in [0, 0.1) is 0 Å². The lowest BCUT2D eigenvalue weighted by molar-refractivity contribution is 0.174. The molecule has 2 N–H and O–H groups in total. The van der Waals surface area contributed by atoms with Crippen molar-refractivity contribution >= 4 is 24.0 Å². The summed E-state index contributed by atoms with van der Waals surface area (Å²) in [5.41, 5.74) is 2.82. The first-order valence-electron chi connectivity index (χ1n) is 9.14. The molecule has 0 aliphatic carbocycles. The maximum absolute atomic E-state index is 10.3. The topological polar surface area (TPSA) is 50.7 Å². The minimum Gasteiger partial charge on any atom is -0.493 e. The van der Waals surface area contributed by atoms with E-state index in [1.165, 1.54) is 0 Å². The second-order valence-electron chi connectivity index (χ2n) is 6.43. The lowest BCUT2D eigenvalue weighted by atomic mass is 10.1. The summed E-state index contributed by atoms with van der Waals surface area (Å²) in [6.07, 6.45) is -0.587. The van der Waals surface area contributed by atoms with Gasteiger partial charge in [0.05, 0.1) is 13.2 Å². The number of benzene rings is 3. The maximum atomic E-state index is 10.3. The van der Waals surface area contributed by atoms with Gasteiger partial charge in [0.15, 0.2) is 11.5 Å². The molecule has 29 heavy (non-hydrogen) atoms. The Morgan fingerprint density at radius 1 is 1.00 bits per heavy atom. The molecular weight excluding hydrogens is 409 g/mol. The van der Waals surface area contributed by atoms with Gasteiger partial charge in [0.25, 0.3) is 0 Å². The Hall–Kier alpha value is -2.24. The van der Waals surface area contributed by atoms with Crippen LogP contribution in [0.4, 0.5) is 0 Å². The normalized spacial score (nSPS) is 11.4. The maximum Gasteiger partial charge on any atom is 0.166 e. The number of methoxy groups -OCH3 is 1. The van der Waals surface area contributed by atoms with E-state index in [0.717, 1.165) is 16.7 Å². The van der Waals surface area contributed by atoms with E-state index in [2.05, 4.69) is 5.32 Å². The molecule has 0 aliphatic rings. The number of nitrogens with one attached hydrogen (secondary N) is 1. The highest BCUT2D eigenvalue weighted by Gasteiger charge is 2.14. The van der Waals surface area contributed by atoms with E-state index in [9.17, 15) is 5.11 Å². The van der Waals surface area contributed by atoms with Gasteiger partial charge in [-0.2, -0.15) is 0 Å². The van der Waals surface area contributed by atoms with Crippen molar-refractivity contribution < 1.29 is 14.6 Å². The molecule has 1 unspecified atom stereocenters. The van der Waals surface area contributed by atoms with Crippen molar-refractivity contribution in [2.24, 2.45) is 0 Å². The molecule has 0 radical (unpaired) electrons. The Bertz CT molecular complexity index is 876. The molecular formula is C23H25Cl2NO3. The monoisotopic (exact) mass is 433 g/mol. The number of hydrogen-bond donors (Lipinski definition) is 2. The van der Waals surface area contributed by atoms with Crippen molar-refractivity contribution in [2.75, 3.05) is 13.7 Å². The van der Waals surface area contributed by atoms with E-state index in [1.54, 1.807) is 13.2 Å². The highest BCUT2D eigenvalue weighted by atomic mass is 35.5. The van der Waals surface area contributed by atoms with Crippen molar-refractivity contribution in [1.29, 1.82) is 0 Å². The van der Waals surface area contributed by atoms with Crippen LogP contribution in [-0.4, -0.2) is 18.8 Å². The van der Waals surface area contributed by atoms with E-state index in [-0.39, 0.29) is 12.4 Å². The van der Waals surface area contributed by atoms with Crippen molar-refractivity contribution in [3.8, 4) is 11.5 Å². The third kappa shape index (κ3) is 6.65. The molecule has 3 aromatic rings. The molecule has 0 heterocycles. The Kier molecular flexibility index (Phi) is 9.29. The minimum absolute atomic E-state index is 0. The van der Waals surface area contributed by atoms with Gasteiger partial charge < -0.3 is 19.9 Å². The van der Waals surface area contributed by atoms with Crippen LogP contribution in [0.3, 0.4) is 0 Å². The number of hydrogen-bond acceptors (Lipinski definition) is 4. The Balaban J connectivity index is 0.00000300. The minimum atomic E-state index is -0.587. The van der Waals surface area contributed by atoms with Crippen LogP contribution in [0.5, 0.6) is 11.5 Å². The first-order valence-corrected chi connectivity index (χ1v) is 9.52. The van der Waals surface area contributed by atoms with E-state index in [1.807, 2.05) is 66.7 Å². The fourth-order valence-corrected chi connectivity index (χ4v) is 3.17. The van der Waals surface area contributed by atoms with Gasteiger partial charge in [-0.25, -0.2) is 0 Å². The lowest BCUT2D eigenvalue weighted by Gasteiger charge is -2.17. The van der Waals surface area contributed by atoms with Crippen molar-refractivity contribution in [3.05, 3.63) is 94.5 Å². The smallest absolute Gasteiger partial charge is 0.166 e. The molecule has 1 atom stereocenters. The Labute approximate surface area is 182 Å². The number of rotatable bonds is 9. The standard InChI is InChI=1S/C23H24ClNO3.ClH/c1-27-22-13-20(24)12-19(23(22)28-16-17-8-4-2-5-9-17)14-25-15-21(26)18-10-6-3-7-11-18;/h2-13,21,25-26H,14-16H2,1H3;1H. The third-order valence-electron chi connectivity index (χ3n) is 4.38. The lowest BCUT2D eigenvalue weighted by Crippen LogP contribution is -2.21. The Morgan fingerprint density at radius 3 is 2.31 bits per heavy atom. The largest absolute Gasteiger partial charge is 0.493 e.